The van der Waals surface area contributed by atoms with Crippen molar-refractivity contribution in [1.29, 1.82) is 0 Å². The molecule has 0 spiro atoms. The maximum atomic E-state index is 6.06. The van der Waals surface area contributed by atoms with Gasteiger partial charge in [0.1, 0.15) is 11.9 Å². The van der Waals surface area contributed by atoms with Crippen LogP contribution in [0.3, 0.4) is 0 Å². The van der Waals surface area contributed by atoms with E-state index in [4.69, 9.17) is 4.74 Å². The average Bonchev–Trinajstić information content (AvgIpc) is 2.97. The average molecular weight is 324 g/mol. The highest BCUT2D eigenvalue weighted by molar-refractivity contribution is 9.10. The molecule has 0 bridgehead atoms. The van der Waals surface area contributed by atoms with Gasteiger partial charge in [0.25, 0.3) is 0 Å². The molecule has 4 heteroatoms. The van der Waals surface area contributed by atoms with Gasteiger partial charge in [0.2, 0.25) is 0 Å². The van der Waals surface area contributed by atoms with E-state index in [1.165, 1.54) is 10.4 Å². The lowest BCUT2D eigenvalue weighted by Gasteiger charge is -2.22. The van der Waals surface area contributed by atoms with Gasteiger partial charge in [-0.3, -0.25) is 0 Å². The van der Waals surface area contributed by atoms with Crippen molar-refractivity contribution in [3.63, 3.8) is 0 Å². The second-order valence-corrected chi connectivity index (χ2v) is 6.17. The molecule has 3 rings (SSSR count). The van der Waals surface area contributed by atoms with Crippen LogP contribution in [-0.4, -0.2) is 13.2 Å². The van der Waals surface area contributed by atoms with E-state index in [-0.39, 0.29) is 12.1 Å². The van der Waals surface area contributed by atoms with E-state index < -0.39 is 0 Å². The monoisotopic (exact) mass is 323 g/mol. The maximum Gasteiger partial charge on any atom is 0.123 e. The summed E-state index contributed by atoms with van der Waals surface area (Å²) < 4.78 is 7.22. The molecular formula is C14H14BrNOS. The number of nitrogens with one attached hydrogen (secondary N) is 1. The molecule has 1 aromatic heterocycles. The number of rotatable bonds is 3. The van der Waals surface area contributed by atoms with Crippen molar-refractivity contribution in [3.05, 3.63) is 50.6 Å². The topological polar surface area (TPSA) is 21.3 Å². The predicted molar refractivity (Wildman–Crippen MR) is 78.4 cm³/mol. The second kappa shape index (κ2) is 5.03. The third kappa shape index (κ3) is 2.09. The molecule has 0 saturated carbocycles. The normalized spacial score (nSPS) is 19.3. The minimum atomic E-state index is 0.169. The Morgan fingerprint density at radius 3 is 2.89 bits per heavy atom. The van der Waals surface area contributed by atoms with Gasteiger partial charge in [-0.15, -0.1) is 11.3 Å². The van der Waals surface area contributed by atoms with E-state index in [0.29, 0.717) is 0 Å². The Bertz CT molecular complexity index is 529. The van der Waals surface area contributed by atoms with Crippen molar-refractivity contribution < 1.29 is 4.74 Å². The van der Waals surface area contributed by atoms with Gasteiger partial charge in [0.15, 0.2) is 0 Å². The summed E-state index contributed by atoms with van der Waals surface area (Å²) in [5.74, 6) is 1.02. The largest absolute Gasteiger partial charge is 0.488 e. The molecule has 0 aliphatic carbocycles. The smallest absolute Gasteiger partial charge is 0.123 e. The number of likely N-dealkylation sites (N-methyl/N-ethyl adjacent to an activating group) is 1. The van der Waals surface area contributed by atoms with Crippen LogP contribution >= 0.6 is 27.3 Å². The number of hydrogen-bond donors (Lipinski definition) is 1. The van der Waals surface area contributed by atoms with Crippen LogP contribution < -0.4 is 10.1 Å². The van der Waals surface area contributed by atoms with Crippen molar-refractivity contribution in [2.75, 3.05) is 7.05 Å². The first-order valence-electron chi connectivity index (χ1n) is 5.94. The summed E-state index contributed by atoms with van der Waals surface area (Å²) in [5, 5.41) is 5.48. The number of halogens is 1. The Hall–Kier alpha value is -0.840. The van der Waals surface area contributed by atoms with Gasteiger partial charge in [-0.05, 0) is 46.1 Å². The Morgan fingerprint density at radius 1 is 1.39 bits per heavy atom. The molecule has 94 valence electrons. The van der Waals surface area contributed by atoms with Crippen LogP contribution in [0, 0.1) is 0 Å². The Morgan fingerprint density at radius 2 is 2.22 bits per heavy atom. The zero-order chi connectivity index (χ0) is 12.5. The van der Waals surface area contributed by atoms with E-state index in [2.05, 4.69) is 44.8 Å². The summed E-state index contributed by atoms with van der Waals surface area (Å²) in [7, 11) is 1.99. The van der Waals surface area contributed by atoms with Crippen molar-refractivity contribution >= 4 is 27.3 Å². The van der Waals surface area contributed by atoms with Crippen LogP contribution in [0.2, 0.25) is 0 Å². The van der Waals surface area contributed by atoms with Gasteiger partial charge in [-0.1, -0.05) is 18.2 Å². The molecule has 2 nitrogen and oxygen atoms in total. The minimum Gasteiger partial charge on any atom is -0.488 e. The third-order valence-corrected chi connectivity index (χ3v) is 5.24. The highest BCUT2D eigenvalue weighted by Crippen LogP contribution is 2.37. The van der Waals surface area contributed by atoms with Crippen LogP contribution in [0.4, 0.5) is 0 Å². The minimum absolute atomic E-state index is 0.169. The summed E-state index contributed by atoms with van der Waals surface area (Å²) in [5.41, 5.74) is 1.30. The van der Waals surface area contributed by atoms with Gasteiger partial charge >= 0.3 is 0 Å². The molecule has 0 amide bonds. The van der Waals surface area contributed by atoms with Crippen LogP contribution in [0.1, 0.15) is 16.5 Å². The first kappa shape index (κ1) is 12.2. The fourth-order valence-corrected chi connectivity index (χ4v) is 4.19. The molecule has 1 aliphatic rings. The van der Waals surface area contributed by atoms with E-state index >= 15 is 0 Å². The summed E-state index contributed by atoms with van der Waals surface area (Å²) in [6.45, 7) is 0. The van der Waals surface area contributed by atoms with Gasteiger partial charge < -0.3 is 10.1 Å². The molecule has 2 unspecified atom stereocenters. The zero-order valence-electron chi connectivity index (χ0n) is 10.0. The quantitative estimate of drug-likeness (QED) is 0.928. The van der Waals surface area contributed by atoms with E-state index in [1.54, 1.807) is 11.3 Å². The second-order valence-electron chi connectivity index (χ2n) is 4.37. The molecule has 2 heterocycles. The number of hydrogen-bond acceptors (Lipinski definition) is 3. The molecule has 0 saturated heterocycles. The van der Waals surface area contributed by atoms with Crippen LogP contribution in [-0.2, 0) is 6.42 Å². The van der Waals surface area contributed by atoms with Crippen molar-refractivity contribution in [3.8, 4) is 5.75 Å². The highest BCUT2D eigenvalue weighted by Gasteiger charge is 2.31. The van der Waals surface area contributed by atoms with Crippen molar-refractivity contribution in [1.82, 2.24) is 5.32 Å². The molecule has 0 fully saturated rings. The van der Waals surface area contributed by atoms with E-state index in [0.717, 1.165) is 16.6 Å². The Kier molecular flexibility index (Phi) is 3.41. The summed E-state index contributed by atoms with van der Waals surface area (Å²) in [4.78, 5) is 1.30. The number of benzene rings is 1. The molecule has 1 N–H and O–H groups in total. The van der Waals surface area contributed by atoms with Crippen LogP contribution in [0.25, 0.3) is 0 Å². The van der Waals surface area contributed by atoms with Crippen LogP contribution in [0.15, 0.2) is 40.2 Å². The first-order valence-corrected chi connectivity index (χ1v) is 7.61. The lowest BCUT2D eigenvalue weighted by Crippen LogP contribution is -2.32. The zero-order valence-corrected chi connectivity index (χ0v) is 12.4. The number of thiophene rings is 1. The molecule has 0 radical (unpaired) electrons. The number of ether oxygens (including phenoxy) is 1. The molecule has 1 aliphatic heterocycles. The SMILES string of the molecule is CNC(c1sccc1Br)C1Cc2ccccc2O1. The lowest BCUT2D eigenvalue weighted by molar-refractivity contribution is 0.185. The fourth-order valence-electron chi connectivity index (χ4n) is 2.41. The lowest BCUT2D eigenvalue weighted by atomic mass is 10.0. The van der Waals surface area contributed by atoms with Gasteiger partial charge in [0.05, 0.1) is 6.04 Å². The number of fused-ring (bicyclic) bond motifs is 1. The Labute approximate surface area is 119 Å². The van der Waals surface area contributed by atoms with Gasteiger partial charge in [-0.25, -0.2) is 0 Å². The molecular weight excluding hydrogens is 310 g/mol. The molecule has 2 aromatic rings. The van der Waals surface area contributed by atoms with Crippen molar-refractivity contribution in [2.24, 2.45) is 0 Å². The Balaban J connectivity index is 1.86. The molecule has 1 aromatic carbocycles. The standard InChI is InChI=1S/C14H14BrNOS/c1-16-13(14-10(15)6-7-18-14)12-8-9-4-2-3-5-11(9)17-12/h2-7,12-13,16H,8H2,1H3. The van der Waals surface area contributed by atoms with Gasteiger partial charge in [0, 0.05) is 15.8 Å². The molecule has 18 heavy (non-hydrogen) atoms. The van der Waals surface area contributed by atoms with Crippen LogP contribution in [0.5, 0.6) is 5.75 Å². The van der Waals surface area contributed by atoms with Gasteiger partial charge in [-0.2, -0.15) is 0 Å². The third-order valence-electron chi connectivity index (χ3n) is 3.28. The van der Waals surface area contributed by atoms with E-state index in [9.17, 15) is 0 Å². The first-order chi connectivity index (χ1) is 8.79. The van der Waals surface area contributed by atoms with E-state index in [1.807, 2.05) is 19.2 Å². The van der Waals surface area contributed by atoms with Crippen molar-refractivity contribution in [2.45, 2.75) is 18.6 Å². The summed E-state index contributed by atoms with van der Waals surface area (Å²) in [6.07, 6.45) is 1.13. The summed E-state index contributed by atoms with van der Waals surface area (Å²) >= 11 is 5.36. The summed E-state index contributed by atoms with van der Waals surface area (Å²) in [6, 6.07) is 10.6. The maximum absolute atomic E-state index is 6.06. The highest BCUT2D eigenvalue weighted by atomic mass is 79.9. The number of para-hydroxylation sites is 1. The fraction of sp³-hybridized carbons (Fsp3) is 0.286. The predicted octanol–water partition coefficient (Wildman–Crippen LogP) is 3.77. The molecule has 2 atom stereocenters.